The monoisotopic (exact) mass is 320 g/mol. The zero-order valence-corrected chi connectivity index (χ0v) is 13.8. The lowest BCUT2D eigenvalue weighted by molar-refractivity contribution is 0.0849. The largest absolute Gasteiger partial charge is 0.324 e. The van der Waals surface area contributed by atoms with E-state index >= 15 is 0 Å². The van der Waals surface area contributed by atoms with Gasteiger partial charge in [0.25, 0.3) is 0 Å². The van der Waals surface area contributed by atoms with Crippen LogP contribution in [0.3, 0.4) is 0 Å². The molecule has 1 aromatic heterocycles. The van der Waals surface area contributed by atoms with E-state index in [-0.39, 0.29) is 6.03 Å². The maximum Gasteiger partial charge on any atom is 0.323 e. The molecular formula is C16H24N4OS. The molecule has 2 amide bonds. The lowest BCUT2D eigenvalue weighted by Crippen LogP contribution is -2.45. The summed E-state index contributed by atoms with van der Waals surface area (Å²) in [5.41, 5.74) is 0.539. The highest BCUT2D eigenvalue weighted by Crippen LogP contribution is 2.44. The number of nitrogens with zero attached hydrogens (tertiary/aromatic N) is 3. The summed E-state index contributed by atoms with van der Waals surface area (Å²) in [5.74, 6) is 1.46. The minimum atomic E-state index is 0.00385. The van der Waals surface area contributed by atoms with Crippen molar-refractivity contribution in [1.82, 2.24) is 14.3 Å². The van der Waals surface area contributed by atoms with Gasteiger partial charge < -0.3 is 4.90 Å². The van der Waals surface area contributed by atoms with Gasteiger partial charge in [-0.05, 0) is 43.9 Å². The molecule has 3 aliphatic rings. The van der Waals surface area contributed by atoms with E-state index in [0.717, 1.165) is 18.9 Å². The van der Waals surface area contributed by atoms with E-state index in [4.69, 9.17) is 0 Å². The second-order valence-electron chi connectivity index (χ2n) is 7.21. The van der Waals surface area contributed by atoms with Crippen LogP contribution in [0.15, 0.2) is 0 Å². The lowest BCUT2D eigenvalue weighted by Gasteiger charge is -2.44. The molecule has 1 spiro atoms. The molecule has 0 atom stereocenters. The highest BCUT2D eigenvalue weighted by Gasteiger charge is 2.36. The molecule has 4 rings (SSSR count). The van der Waals surface area contributed by atoms with Crippen molar-refractivity contribution < 1.29 is 4.79 Å². The minimum Gasteiger partial charge on any atom is -0.324 e. The maximum atomic E-state index is 12.4. The second kappa shape index (κ2) is 5.80. The van der Waals surface area contributed by atoms with Gasteiger partial charge in [-0.25, -0.2) is 9.78 Å². The van der Waals surface area contributed by atoms with Gasteiger partial charge in [-0.15, -0.1) is 0 Å². The second-order valence-corrected chi connectivity index (χ2v) is 7.96. The van der Waals surface area contributed by atoms with Crippen LogP contribution in [0.5, 0.6) is 0 Å². The quantitative estimate of drug-likeness (QED) is 0.896. The van der Waals surface area contributed by atoms with Crippen LogP contribution in [0.1, 0.15) is 69.5 Å². The number of rotatable bonds is 2. The molecule has 0 bridgehead atoms. The number of urea groups is 1. The smallest absolute Gasteiger partial charge is 0.323 e. The summed E-state index contributed by atoms with van der Waals surface area (Å²) >= 11 is 1.31. The topological polar surface area (TPSA) is 58.1 Å². The van der Waals surface area contributed by atoms with Gasteiger partial charge in [-0.2, -0.15) is 4.37 Å². The number of hydrogen-bond acceptors (Lipinski definition) is 4. The molecule has 0 aromatic carbocycles. The summed E-state index contributed by atoms with van der Waals surface area (Å²) in [6.45, 7) is 1.78. The van der Waals surface area contributed by atoms with Crippen molar-refractivity contribution in [3.05, 3.63) is 5.82 Å². The van der Waals surface area contributed by atoms with Crippen LogP contribution in [-0.4, -0.2) is 33.4 Å². The molecule has 1 aromatic rings. The van der Waals surface area contributed by atoms with Crippen LogP contribution in [0, 0.1) is 5.41 Å². The molecule has 120 valence electrons. The summed E-state index contributed by atoms with van der Waals surface area (Å²) in [4.78, 5) is 18.8. The average molecular weight is 320 g/mol. The van der Waals surface area contributed by atoms with Crippen molar-refractivity contribution in [2.75, 3.05) is 18.4 Å². The Kier molecular flexibility index (Phi) is 3.80. The SMILES string of the molecule is O=C(Nc1nc(C2CC2)ns1)N1CCC2(CCCCC2)CC1. The highest BCUT2D eigenvalue weighted by atomic mass is 32.1. The number of hydrogen-bond donors (Lipinski definition) is 1. The number of carbonyl (C=O) groups excluding carboxylic acids is 1. The standard InChI is InChI=1S/C16H24N4OS/c21-15(18-14-17-13(19-22-14)12-4-5-12)20-10-8-16(9-11-20)6-2-1-3-7-16/h12H,1-11H2,(H,17,18,19,21). The Morgan fingerprint density at radius 1 is 1.14 bits per heavy atom. The van der Waals surface area contributed by atoms with Crippen molar-refractivity contribution in [3.8, 4) is 0 Å². The van der Waals surface area contributed by atoms with E-state index in [2.05, 4.69) is 14.7 Å². The number of carbonyl (C=O) groups is 1. The first-order valence-corrected chi connectivity index (χ1v) is 9.41. The molecule has 0 radical (unpaired) electrons. The highest BCUT2D eigenvalue weighted by molar-refractivity contribution is 7.09. The molecule has 0 unspecified atom stereocenters. The Bertz CT molecular complexity index is 538. The summed E-state index contributed by atoms with van der Waals surface area (Å²) in [7, 11) is 0. The van der Waals surface area contributed by atoms with Crippen LogP contribution < -0.4 is 5.32 Å². The minimum absolute atomic E-state index is 0.00385. The molecule has 1 saturated heterocycles. The predicted molar refractivity (Wildman–Crippen MR) is 87.2 cm³/mol. The third-order valence-electron chi connectivity index (χ3n) is 5.62. The summed E-state index contributed by atoms with van der Waals surface area (Å²) in [5, 5.41) is 3.60. The molecule has 22 heavy (non-hydrogen) atoms. The van der Waals surface area contributed by atoms with Crippen LogP contribution in [0.25, 0.3) is 0 Å². The maximum absolute atomic E-state index is 12.4. The molecule has 2 heterocycles. The van der Waals surface area contributed by atoms with Gasteiger partial charge in [0.1, 0.15) is 5.82 Å². The Morgan fingerprint density at radius 2 is 1.86 bits per heavy atom. The third-order valence-corrected chi connectivity index (χ3v) is 6.27. The van der Waals surface area contributed by atoms with Crippen molar-refractivity contribution in [2.45, 2.75) is 63.7 Å². The van der Waals surface area contributed by atoms with Gasteiger partial charge in [0.2, 0.25) is 5.13 Å². The number of aromatic nitrogens is 2. The molecule has 2 saturated carbocycles. The van der Waals surface area contributed by atoms with Gasteiger partial charge in [0.15, 0.2) is 0 Å². The van der Waals surface area contributed by atoms with E-state index in [0.29, 0.717) is 16.5 Å². The molecular weight excluding hydrogens is 296 g/mol. The fourth-order valence-electron chi connectivity index (χ4n) is 3.95. The summed E-state index contributed by atoms with van der Waals surface area (Å²) in [6, 6.07) is 0.00385. The first-order valence-electron chi connectivity index (χ1n) is 8.64. The van der Waals surface area contributed by atoms with Crippen LogP contribution in [0.2, 0.25) is 0 Å². The van der Waals surface area contributed by atoms with E-state index in [1.807, 2.05) is 4.90 Å². The Labute approximate surface area is 135 Å². The van der Waals surface area contributed by atoms with Gasteiger partial charge in [0, 0.05) is 30.5 Å². The number of likely N-dealkylation sites (tertiary alicyclic amines) is 1. The van der Waals surface area contributed by atoms with Crippen molar-refractivity contribution in [1.29, 1.82) is 0 Å². The van der Waals surface area contributed by atoms with E-state index in [1.54, 1.807) is 0 Å². The van der Waals surface area contributed by atoms with Crippen LogP contribution in [-0.2, 0) is 0 Å². The summed E-state index contributed by atoms with van der Waals surface area (Å²) in [6.07, 6.45) is 11.6. The summed E-state index contributed by atoms with van der Waals surface area (Å²) < 4.78 is 4.34. The average Bonchev–Trinajstić information content (AvgIpc) is 3.29. The van der Waals surface area contributed by atoms with Crippen LogP contribution >= 0.6 is 11.5 Å². The molecule has 5 nitrogen and oxygen atoms in total. The van der Waals surface area contributed by atoms with Gasteiger partial charge >= 0.3 is 6.03 Å². The first-order chi connectivity index (χ1) is 10.7. The number of nitrogens with one attached hydrogen (secondary N) is 1. The third kappa shape index (κ3) is 2.98. The van der Waals surface area contributed by atoms with E-state index in [9.17, 15) is 4.79 Å². The first kappa shape index (κ1) is 14.4. The normalized spacial score (nSPS) is 24.5. The Hall–Kier alpha value is -1.17. The fraction of sp³-hybridized carbons (Fsp3) is 0.812. The van der Waals surface area contributed by atoms with Crippen molar-refractivity contribution in [3.63, 3.8) is 0 Å². The Balaban J connectivity index is 1.31. The molecule has 1 aliphatic heterocycles. The number of piperidine rings is 1. The van der Waals surface area contributed by atoms with Crippen molar-refractivity contribution >= 4 is 22.7 Å². The Morgan fingerprint density at radius 3 is 2.55 bits per heavy atom. The molecule has 2 aliphatic carbocycles. The number of amides is 2. The molecule has 6 heteroatoms. The van der Waals surface area contributed by atoms with Gasteiger partial charge in [-0.1, -0.05) is 19.3 Å². The van der Waals surface area contributed by atoms with Crippen molar-refractivity contribution in [2.24, 2.45) is 5.41 Å². The fourth-order valence-corrected chi connectivity index (χ4v) is 4.59. The van der Waals surface area contributed by atoms with E-state index in [1.165, 1.54) is 69.3 Å². The predicted octanol–water partition coefficient (Wildman–Crippen LogP) is 3.99. The van der Waals surface area contributed by atoms with Gasteiger partial charge in [0.05, 0.1) is 0 Å². The lowest BCUT2D eigenvalue weighted by atomic mass is 9.68. The number of anilines is 1. The zero-order valence-electron chi connectivity index (χ0n) is 13.0. The zero-order chi connectivity index (χ0) is 15.0. The molecule has 3 fully saturated rings. The van der Waals surface area contributed by atoms with E-state index < -0.39 is 0 Å². The van der Waals surface area contributed by atoms with Crippen LogP contribution in [0.4, 0.5) is 9.93 Å². The van der Waals surface area contributed by atoms with Gasteiger partial charge in [-0.3, -0.25) is 5.32 Å². The molecule has 1 N–H and O–H groups in total.